The summed E-state index contributed by atoms with van der Waals surface area (Å²) < 4.78 is 0. The maximum Gasteiger partial charge on any atom is 0.256 e. The second-order valence-corrected chi connectivity index (χ2v) is 6.84. The van der Waals surface area contributed by atoms with Crippen LogP contribution in [0.25, 0.3) is 0 Å². The van der Waals surface area contributed by atoms with Crippen molar-refractivity contribution in [1.82, 2.24) is 19.9 Å². The van der Waals surface area contributed by atoms with Gasteiger partial charge in [-0.25, -0.2) is 9.97 Å². The van der Waals surface area contributed by atoms with Crippen molar-refractivity contribution in [3.05, 3.63) is 53.9 Å². The fourth-order valence-electron chi connectivity index (χ4n) is 2.19. The molecule has 2 aromatic rings. The number of carbonyl (C=O) groups excluding carboxylic acids is 1. The quantitative estimate of drug-likeness (QED) is 0.871. The summed E-state index contributed by atoms with van der Waals surface area (Å²) in [4.78, 5) is 27.2. The summed E-state index contributed by atoms with van der Waals surface area (Å²) in [5.41, 5.74) is 1.35. The first kappa shape index (κ1) is 17.1. The van der Waals surface area contributed by atoms with Gasteiger partial charge in [-0.15, -0.1) is 0 Å². The molecule has 0 aliphatic heterocycles. The maximum absolute atomic E-state index is 12.6. The topological polar surface area (TPSA) is 59.0 Å². The molecule has 0 fully saturated rings. The van der Waals surface area contributed by atoms with Crippen molar-refractivity contribution in [3.63, 3.8) is 0 Å². The highest BCUT2D eigenvalue weighted by molar-refractivity contribution is 5.93. The summed E-state index contributed by atoms with van der Waals surface area (Å²) in [6.07, 6.45) is 5.70. The average Bonchev–Trinajstić information content (AvgIpc) is 2.53. The van der Waals surface area contributed by atoms with Crippen molar-refractivity contribution in [3.8, 4) is 0 Å². The lowest BCUT2D eigenvalue weighted by atomic mass is 9.96. The normalized spacial score (nSPS) is 12.7. The highest BCUT2D eigenvalue weighted by Crippen LogP contribution is 2.17. The Balaban J connectivity index is 2.07. The third-order valence-corrected chi connectivity index (χ3v) is 3.78. The van der Waals surface area contributed by atoms with Gasteiger partial charge in [0, 0.05) is 49.2 Å². The summed E-state index contributed by atoms with van der Waals surface area (Å²) in [6, 6.07) is 5.85. The minimum Gasteiger partial charge on any atom is -0.339 e. The summed E-state index contributed by atoms with van der Waals surface area (Å²) in [5.74, 6) is 0.659. The monoisotopic (exact) mass is 312 g/mol. The van der Waals surface area contributed by atoms with Gasteiger partial charge in [-0.2, -0.15) is 0 Å². The van der Waals surface area contributed by atoms with Crippen LogP contribution in [-0.2, 0) is 11.8 Å². The van der Waals surface area contributed by atoms with Gasteiger partial charge < -0.3 is 4.90 Å². The number of hydrogen-bond acceptors (Lipinski definition) is 4. The van der Waals surface area contributed by atoms with E-state index in [1.54, 1.807) is 30.5 Å². The number of carbonyl (C=O) groups is 1. The zero-order valence-corrected chi connectivity index (χ0v) is 14.4. The Bertz CT molecular complexity index is 647. The number of aromatic nitrogens is 3. The van der Waals surface area contributed by atoms with E-state index in [1.807, 2.05) is 45.9 Å². The summed E-state index contributed by atoms with van der Waals surface area (Å²) in [7, 11) is 1.80. The van der Waals surface area contributed by atoms with Gasteiger partial charge in [0.2, 0.25) is 0 Å². The maximum atomic E-state index is 12.6. The molecule has 1 atom stereocenters. The molecule has 23 heavy (non-hydrogen) atoms. The molecule has 0 bridgehead atoms. The summed E-state index contributed by atoms with van der Waals surface area (Å²) in [5, 5.41) is 0. The minimum atomic E-state index is -0.125. The third-order valence-electron chi connectivity index (χ3n) is 3.78. The molecule has 0 N–H and O–H groups in total. The molecule has 5 heteroatoms. The number of rotatable bonds is 4. The Kier molecular flexibility index (Phi) is 5.08. The van der Waals surface area contributed by atoms with Crippen LogP contribution >= 0.6 is 0 Å². The molecule has 0 aliphatic rings. The molecule has 122 valence electrons. The molecule has 2 heterocycles. The van der Waals surface area contributed by atoms with Crippen LogP contribution < -0.4 is 0 Å². The van der Waals surface area contributed by atoms with E-state index in [-0.39, 0.29) is 17.4 Å². The van der Waals surface area contributed by atoms with E-state index in [1.165, 1.54) is 0 Å². The first-order valence-electron chi connectivity index (χ1n) is 7.78. The lowest BCUT2D eigenvalue weighted by molar-refractivity contribution is 0.0742. The van der Waals surface area contributed by atoms with Crippen LogP contribution in [0.1, 0.15) is 49.6 Å². The number of likely N-dealkylation sites (N-methyl/N-ethyl adjacent to an activating group) is 1. The largest absolute Gasteiger partial charge is 0.339 e. The SMILES string of the molecule is C[C@H](Cc1ccccn1)N(C)C(=O)c1cnc(C(C)(C)C)nc1. The molecular formula is C18H24N4O. The van der Waals surface area contributed by atoms with Crippen molar-refractivity contribution in [2.75, 3.05) is 7.05 Å². The van der Waals surface area contributed by atoms with Crippen molar-refractivity contribution >= 4 is 5.91 Å². The van der Waals surface area contributed by atoms with E-state index in [0.29, 0.717) is 12.0 Å². The standard InChI is InChI=1S/C18H24N4O/c1-13(10-15-8-6-7-9-19-15)22(5)16(23)14-11-20-17(21-12-14)18(2,3)4/h6-9,11-13H,10H2,1-5H3/t13-/m1/s1. The van der Waals surface area contributed by atoms with E-state index >= 15 is 0 Å². The van der Waals surface area contributed by atoms with Gasteiger partial charge in [-0.3, -0.25) is 9.78 Å². The van der Waals surface area contributed by atoms with Gasteiger partial charge in [-0.1, -0.05) is 26.8 Å². The Morgan fingerprint density at radius 3 is 2.35 bits per heavy atom. The highest BCUT2D eigenvalue weighted by atomic mass is 16.2. The Hall–Kier alpha value is -2.30. The lowest BCUT2D eigenvalue weighted by Gasteiger charge is -2.25. The first-order chi connectivity index (χ1) is 10.8. The van der Waals surface area contributed by atoms with E-state index in [4.69, 9.17) is 0 Å². The van der Waals surface area contributed by atoms with E-state index in [0.717, 1.165) is 11.5 Å². The van der Waals surface area contributed by atoms with Crippen LogP contribution in [0.5, 0.6) is 0 Å². The zero-order chi connectivity index (χ0) is 17.0. The molecule has 2 rings (SSSR count). The molecule has 2 aromatic heterocycles. The Morgan fingerprint density at radius 2 is 1.83 bits per heavy atom. The molecule has 1 amide bonds. The zero-order valence-electron chi connectivity index (χ0n) is 14.4. The first-order valence-corrected chi connectivity index (χ1v) is 7.78. The number of nitrogens with zero attached hydrogens (tertiary/aromatic N) is 4. The van der Waals surface area contributed by atoms with Crippen molar-refractivity contribution < 1.29 is 4.79 Å². The summed E-state index contributed by atoms with van der Waals surface area (Å²) >= 11 is 0. The second-order valence-electron chi connectivity index (χ2n) is 6.84. The minimum absolute atomic E-state index is 0.0414. The molecule has 5 nitrogen and oxygen atoms in total. The molecule has 0 unspecified atom stereocenters. The van der Waals surface area contributed by atoms with E-state index in [9.17, 15) is 4.79 Å². The van der Waals surface area contributed by atoms with Crippen LogP contribution in [-0.4, -0.2) is 38.8 Å². The molecular weight excluding hydrogens is 288 g/mol. The third kappa shape index (κ3) is 4.34. The molecule has 0 spiro atoms. The van der Waals surface area contributed by atoms with Crippen LogP contribution in [0.15, 0.2) is 36.8 Å². The Labute approximate surface area is 137 Å². The fourth-order valence-corrected chi connectivity index (χ4v) is 2.19. The van der Waals surface area contributed by atoms with Crippen LogP contribution in [0, 0.1) is 0 Å². The molecule has 0 aliphatic carbocycles. The predicted molar refractivity (Wildman–Crippen MR) is 90.2 cm³/mol. The average molecular weight is 312 g/mol. The van der Waals surface area contributed by atoms with Crippen LogP contribution in [0.3, 0.4) is 0 Å². The summed E-state index contributed by atoms with van der Waals surface area (Å²) in [6.45, 7) is 8.15. The van der Waals surface area contributed by atoms with Gasteiger partial charge in [0.25, 0.3) is 5.91 Å². The van der Waals surface area contributed by atoms with Crippen LogP contribution in [0.4, 0.5) is 0 Å². The molecule has 0 saturated carbocycles. The van der Waals surface area contributed by atoms with Gasteiger partial charge >= 0.3 is 0 Å². The van der Waals surface area contributed by atoms with Gasteiger partial charge in [0.05, 0.1) is 5.56 Å². The number of amides is 1. The number of pyridine rings is 1. The lowest BCUT2D eigenvalue weighted by Crippen LogP contribution is -2.36. The van der Waals surface area contributed by atoms with Gasteiger partial charge in [0.1, 0.15) is 5.82 Å². The molecule has 0 saturated heterocycles. The highest BCUT2D eigenvalue weighted by Gasteiger charge is 2.21. The van der Waals surface area contributed by atoms with Gasteiger partial charge in [0.15, 0.2) is 0 Å². The van der Waals surface area contributed by atoms with Crippen molar-refractivity contribution in [1.29, 1.82) is 0 Å². The predicted octanol–water partition coefficient (Wildman–Crippen LogP) is 2.87. The van der Waals surface area contributed by atoms with Gasteiger partial charge in [-0.05, 0) is 19.1 Å². The fraction of sp³-hybridized carbons (Fsp3) is 0.444. The smallest absolute Gasteiger partial charge is 0.256 e. The van der Waals surface area contributed by atoms with E-state index in [2.05, 4.69) is 15.0 Å². The van der Waals surface area contributed by atoms with Crippen molar-refractivity contribution in [2.45, 2.75) is 45.6 Å². The van der Waals surface area contributed by atoms with E-state index < -0.39 is 0 Å². The number of hydrogen-bond donors (Lipinski definition) is 0. The second kappa shape index (κ2) is 6.86. The van der Waals surface area contributed by atoms with Crippen LogP contribution in [0.2, 0.25) is 0 Å². The van der Waals surface area contributed by atoms with Crippen molar-refractivity contribution in [2.24, 2.45) is 0 Å². The molecule has 0 aromatic carbocycles. The Morgan fingerprint density at radius 1 is 1.17 bits per heavy atom. The molecule has 0 radical (unpaired) electrons.